The van der Waals surface area contributed by atoms with Gasteiger partial charge in [0.15, 0.2) is 5.69 Å². The van der Waals surface area contributed by atoms with E-state index >= 15 is 0 Å². The normalized spacial score (nSPS) is 12.5. The summed E-state index contributed by atoms with van der Waals surface area (Å²) in [6, 6.07) is 1.19. The van der Waals surface area contributed by atoms with Gasteiger partial charge < -0.3 is 14.9 Å². The fourth-order valence-corrected chi connectivity index (χ4v) is 0.673. The monoisotopic (exact) mass is 170 g/mol. The molecule has 0 unspecified atom stereocenters. The number of hydrogen-bond acceptors (Lipinski definition) is 4. The molecular weight excluding hydrogens is 160 g/mol. The van der Waals surface area contributed by atoms with Gasteiger partial charge in [0.05, 0.1) is 6.61 Å². The van der Waals surface area contributed by atoms with Crippen molar-refractivity contribution in [3.63, 3.8) is 0 Å². The van der Waals surface area contributed by atoms with Crippen LogP contribution in [-0.4, -0.2) is 28.8 Å². The fraction of sp³-hybridized carbons (Fsp3) is 0.429. The van der Waals surface area contributed by atoms with Gasteiger partial charge in [0.2, 0.25) is 0 Å². The van der Waals surface area contributed by atoms with E-state index in [0.717, 1.165) is 0 Å². The molecule has 1 amide bonds. The molecule has 0 saturated carbocycles. The molecule has 1 aromatic rings. The zero-order valence-electron chi connectivity index (χ0n) is 6.65. The Morgan fingerprint density at radius 1 is 1.92 bits per heavy atom. The molecule has 2 N–H and O–H groups in total. The summed E-state index contributed by atoms with van der Waals surface area (Å²) in [6.07, 6.45) is 1.32. The first kappa shape index (κ1) is 8.73. The Kier molecular flexibility index (Phi) is 2.82. The summed E-state index contributed by atoms with van der Waals surface area (Å²) < 4.78 is 4.48. The summed E-state index contributed by atoms with van der Waals surface area (Å²) in [7, 11) is 0. The number of rotatable bonds is 3. The summed E-state index contributed by atoms with van der Waals surface area (Å²) in [6.45, 7) is 1.60. The Bertz CT molecular complexity index is 245. The molecule has 0 aliphatic heterocycles. The quantitative estimate of drug-likeness (QED) is 0.657. The standard InChI is InChI=1S/C7H10N2O3/c1-5(4-10)8-7(11)6-2-3-12-9-6/h2-3,5,10H,4H2,1H3,(H,8,11)/t5-/m0/s1. The Morgan fingerprint density at radius 3 is 3.17 bits per heavy atom. The van der Waals surface area contributed by atoms with Crippen molar-refractivity contribution in [2.45, 2.75) is 13.0 Å². The lowest BCUT2D eigenvalue weighted by molar-refractivity contribution is 0.0913. The van der Waals surface area contributed by atoms with Gasteiger partial charge in [-0.3, -0.25) is 4.79 Å². The van der Waals surface area contributed by atoms with E-state index in [0.29, 0.717) is 0 Å². The van der Waals surface area contributed by atoms with Crippen LogP contribution >= 0.6 is 0 Å². The van der Waals surface area contributed by atoms with Gasteiger partial charge in [-0.1, -0.05) is 5.16 Å². The minimum absolute atomic E-state index is 0.0937. The molecule has 66 valence electrons. The van der Waals surface area contributed by atoms with E-state index in [-0.39, 0.29) is 24.2 Å². The third-order valence-corrected chi connectivity index (χ3v) is 1.32. The summed E-state index contributed by atoms with van der Waals surface area (Å²) in [5.74, 6) is -0.342. The Balaban J connectivity index is 2.50. The van der Waals surface area contributed by atoms with E-state index in [1.54, 1.807) is 6.92 Å². The zero-order chi connectivity index (χ0) is 8.97. The first-order valence-corrected chi connectivity index (χ1v) is 3.56. The van der Waals surface area contributed by atoms with Crippen LogP contribution < -0.4 is 5.32 Å². The van der Waals surface area contributed by atoms with Crippen molar-refractivity contribution < 1.29 is 14.4 Å². The second-order valence-corrected chi connectivity index (χ2v) is 2.44. The Labute approximate surface area is 69.4 Å². The molecule has 12 heavy (non-hydrogen) atoms. The van der Waals surface area contributed by atoms with Crippen LogP contribution in [0.25, 0.3) is 0 Å². The number of carbonyl (C=O) groups excluding carboxylic acids is 1. The van der Waals surface area contributed by atoms with Crippen LogP contribution in [-0.2, 0) is 0 Å². The van der Waals surface area contributed by atoms with Gasteiger partial charge in [0.25, 0.3) is 5.91 Å². The smallest absolute Gasteiger partial charge is 0.273 e. The molecule has 0 aliphatic rings. The second-order valence-electron chi connectivity index (χ2n) is 2.44. The first-order valence-electron chi connectivity index (χ1n) is 3.56. The van der Waals surface area contributed by atoms with E-state index < -0.39 is 0 Å². The molecule has 0 radical (unpaired) electrons. The largest absolute Gasteiger partial charge is 0.394 e. The average Bonchev–Trinajstić information content (AvgIpc) is 2.56. The molecule has 0 fully saturated rings. The van der Waals surface area contributed by atoms with Gasteiger partial charge in [-0.05, 0) is 6.92 Å². The highest BCUT2D eigenvalue weighted by atomic mass is 16.5. The van der Waals surface area contributed by atoms with Crippen LogP contribution in [0.2, 0.25) is 0 Å². The van der Waals surface area contributed by atoms with Crippen molar-refractivity contribution in [1.82, 2.24) is 10.5 Å². The molecular formula is C7H10N2O3. The van der Waals surface area contributed by atoms with E-state index in [1.165, 1.54) is 12.3 Å². The maximum atomic E-state index is 11.1. The number of aliphatic hydroxyl groups is 1. The van der Waals surface area contributed by atoms with Crippen LogP contribution in [0.3, 0.4) is 0 Å². The maximum Gasteiger partial charge on any atom is 0.273 e. The number of nitrogens with one attached hydrogen (secondary N) is 1. The Hall–Kier alpha value is -1.36. The maximum absolute atomic E-state index is 11.1. The molecule has 0 bridgehead atoms. The third-order valence-electron chi connectivity index (χ3n) is 1.32. The van der Waals surface area contributed by atoms with Gasteiger partial charge in [-0.2, -0.15) is 0 Å². The van der Waals surface area contributed by atoms with E-state index in [9.17, 15) is 4.79 Å². The van der Waals surface area contributed by atoms with Crippen LogP contribution in [0.5, 0.6) is 0 Å². The van der Waals surface area contributed by atoms with Crippen molar-refractivity contribution in [3.8, 4) is 0 Å². The summed E-state index contributed by atoms with van der Waals surface area (Å²) in [4.78, 5) is 11.1. The third kappa shape index (κ3) is 2.06. The summed E-state index contributed by atoms with van der Waals surface area (Å²) in [5.41, 5.74) is 0.218. The predicted octanol–water partition coefficient (Wildman–Crippen LogP) is -0.215. The number of amides is 1. The molecule has 0 aromatic carbocycles. The number of hydrogen-bond donors (Lipinski definition) is 2. The van der Waals surface area contributed by atoms with Gasteiger partial charge in [0, 0.05) is 12.1 Å². The topological polar surface area (TPSA) is 75.4 Å². The van der Waals surface area contributed by atoms with Crippen LogP contribution in [0.15, 0.2) is 16.9 Å². The number of nitrogens with zero attached hydrogens (tertiary/aromatic N) is 1. The lowest BCUT2D eigenvalue weighted by atomic mass is 10.3. The van der Waals surface area contributed by atoms with Crippen molar-refractivity contribution in [1.29, 1.82) is 0 Å². The molecule has 1 aromatic heterocycles. The van der Waals surface area contributed by atoms with Crippen molar-refractivity contribution in [2.24, 2.45) is 0 Å². The van der Waals surface area contributed by atoms with Crippen LogP contribution in [0, 0.1) is 0 Å². The number of aliphatic hydroxyl groups excluding tert-OH is 1. The molecule has 1 heterocycles. The van der Waals surface area contributed by atoms with Gasteiger partial charge >= 0.3 is 0 Å². The molecule has 0 spiro atoms. The summed E-state index contributed by atoms with van der Waals surface area (Å²) in [5, 5.41) is 14.6. The molecule has 5 nitrogen and oxygen atoms in total. The summed E-state index contributed by atoms with van der Waals surface area (Å²) >= 11 is 0. The SMILES string of the molecule is C[C@@H](CO)NC(=O)c1ccon1. The fourth-order valence-electron chi connectivity index (χ4n) is 0.673. The highest BCUT2D eigenvalue weighted by Crippen LogP contribution is 1.94. The molecule has 1 rings (SSSR count). The lowest BCUT2D eigenvalue weighted by Crippen LogP contribution is -2.35. The van der Waals surface area contributed by atoms with E-state index in [4.69, 9.17) is 5.11 Å². The molecule has 0 aliphatic carbocycles. The van der Waals surface area contributed by atoms with Crippen LogP contribution in [0.1, 0.15) is 17.4 Å². The Morgan fingerprint density at radius 2 is 2.67 bits per heavy atom. The number of carbonyl (C=O) groups is 1. The van der Waals surface area contributed by atoms with Gasteiger partial charge in [0.1, 0.15) is 6.26 Å². The predicted molar refractivity (Wildman–Crippen MR) is 40.5 cm³/mol. The molecule has 0 saturated heterocycles. The van der Waals surface area contributed by atoms with Crippen molar-refractivity contribution >= 4 is 5.91 Å². The van der Waals surface area contributed by atoms with E-state index in [1.807, 2.05) is 0 Å². The van der Waals surface area contributed by atoms with Crippen LogP contribution in [0.4, 0.5) is 0 Å². The molecule has 1 atom stereocenters. The zero-order valence-corrected chi connectivity index (χ0v) is 6.65. The highest BCUT2D eigenvalue weighted by molar-refractivity contribution is 5.92. The van der Waals surface area contributed by atoms with E-state index in [2.05, 4.69) is 15.0 Å². The second kappa shape index (κ2) is 3.87. The van der Waals surface area contributed by atoms with Gasteiger partial charge in [-0.25, -0.2) is 0 Å². The van der Waals surface area contributed by atoms with Crippen molar-refractivity contribution in [3.05, 3.63) is 18.0 Å². The minimum atomic E-state index is -0.342. The lowest BCUT2D eigenvalue weighted by Gasteiger charge is -2.07. The first-order chi connectivity index (χ1) is 5.74. The van der Waals surface area contributed by atoms with Crippen molar-refractivity contribution in [2.75, 3.05) is 6.61 Å². The molecule has 5 heteroatoms. The highest BCUT2D eigenvalue weighted by Gasteiger charge is 2.10. The van der Waals surface area contributed by atoms with Gasteiger partial charge in [-0.15, -0.1) is 0 Å². The minimum Gasteiger partial charge on any atom is -0.394 e. The average molecular weight is 170 g/mol. The number of aromatic nitrogens is 1.